The Labute approximate surface area is 164 Å². The van der Waals surface area contributed by atoms with E-state index in [-0.39, 0.29) is 15.5 Å². The third kappa shape index (κ3) is 3.59. The van der Waals surface area contributed by atoms with Gasteiger partial charge in [-0.05, 0) is 30.0 Å². The lowest BCUT2D eigenvalue weighted by molar-refractivity contribution is 0.527. The fourth-order valence-corrected chi connectivity index (χ4v) is 4.98. The molecule has 26 heavy (non-hydrogen) atoms. The van der Waals surface area contributed by atoms with Crippen molar-refractivity contribution in [1.29, 1.82) is 0 Å². The van der Waals surface area contributed by atoms with Gasteiger partial charge in [0, 0.05) is 23.0 Å². The van der Waals surface area contributed by atoms with Crippen LogP contribution in [0.3, 0.4) is 0 Å². The molecule has 0 atom stereocenters. The van der Waals surface area contributed by atoms with Crippen molar-refractivity contribution in [1.82, 2.24) is 4.57 Å². The topological polar surface area (TPSA) is 81.3 Å². The molecule has 10 heteroatoms. The zero-order valence-electron chi connectivity index (χ0n) is 13.7. The highest BCUT2D eigenvalue weighted by Gasteiger charge is 2.22. The number of sulfonamides is 1. The highest BCUT2D eigenvalue weighted by Crippen LogP contribution is 2.33. The van der Waals surface area contributed by atoms with Gasteiger partial charge in [0.1, 0.15) is 4.90 Å². The molecule has 6 nitrogen and oxygen atoms in total. The maximum Gasteiger partial charge on any atom is 0.419 e. The molecule has 3 aromatic rings. The number of aryl methyl sites for hydroxylation is 1. The van der Waals surface area contributed by atoms with Gasteiger partial charge in [-0.3, -0.25) is 9.29 Å². The predicted octanol–water partition coefficient (Wildman–Crippen LogP) is 4.35. The lowest BCUT2D eigenvalue weighted by Crippen LogP contribution is -2.14. The van der Waals surface area contributed by atoms with Crippen molar-refractivity contribution in [2.45, 2.75) is 16.7 Å². The highest BCUT2D eigenvalue weighted by molar-refractivity contribution is 7.99. The molecule has 2 aromatic carbocycles. The van der Waals surface area contributed by atoms with Crippen molar-refractivity contribution >= 4 is 61.8 Å². The summed E-state index contributed by atoms with van der Waals surface area (Å²) in [4.78, 5) is 12.2. The van der Waals surface area contributed by atoms with E-state index in [1.165, 1.54) is 41.6 Å². The molecule has 138 valence electrons. The van der Waals surface area contributed by atoms with Gasteiger partial charge in [-0.1, -0.05) is 30.1 Å². The number of nitrogens with one attached hydrogen (secondary N) is 1. The number of aromatic nitrogens is 1. The van der Waals surface area contributed by atoms with Crippen LogP contribution in [0.25, 0.3) is 11.1 Å². The van der Waals surface area contributed by atoms with Gasteiger partial charge in [0.2, 0.25) is 0 Å². The molecule has 0 fully saturated rings. The van der Waals surface area contributed by atoms with Crippen molar-refractivity contribution in [2.75, 3.05) is 10.5 Å². The number of benzene rings is 2. The molecule has 0 aliphatic heterocycles. The van der Waals surface area contributed by atoms with Crippen LogP contribution in [0, 0.1) is 0 Å². The Morgan fingerprint density at radius 3 is 2.65 bits per heavy atom. The van der Waals surface area contributed by atoms with Gasteiger partial charge in [0.15, 0.2) is 5.58 Å². The summed E-state index contributed by atoms with van der Waals surface area (Å²) in [6.07, 6.45) is 0. The van der Waals surface area contributed by atoms with Crippen LogP contribution in [0.15, 0.2) is 49.3 Å². The maximum absolute atomic E-state index is 12.9. The fraction of sp³-hybridized carbons (Fsp3) is 0.188. The SMILES string of the molecule is CCSc1ccc(Cl)cc1NS(=O)(=O)c1cc2oc(=O)n(C)c2cc1Cl. The van der Waals surface area contributed by atoms with E-state index in [0.29, 0.717) is 16.2 Å². The van der Waals surface area contributed by atoms with E-state index < -0.39 is 15.8 Å². The van der Waals surface area contributed by atoms with Crippen molar-refractivity contribution in [3.05, 3.63) is 50.9 Å². The number of rotatable bonds is 5. The van der Waals surface area contributed by atoms with Crippen LogP contribution in [-0.4, -0.2) is 18.7 Å². The normalized spacial score (nSPS) is 11.8. The second-order valence-electron chi connectivity index (χ2n) is 5.36. The van der Waals surface area contributed by atoms with Gasteiger partial charge in [-0.15, -0.1) is 11.8 Å². The van der Waals surface area contributed by atoms with E-state index in [2.05, 4.69) is 4.72 Å². The summed E-state index contributed by atoms with van der Waals surface area (Å²) >= 11 is 13.6. The standard InChI is InChI=1S/C16H14Cl2N2O4S2/c1-3-25-14-5-4-9(17)6-11(14)19-26(22,23)15-8-13-12(7-10(15)18)20(2)16(21)24-13/h4-8,19H,3H2,1-2H3. The summed E-state index contributed by atoms with van der Waals surface area (Å²) in [7, 11) is -2.51. The van der Waals surface area contributed by atoms with E-state index >= 15 is 0 Å². The summed E-state index contributed by atoms with van der Waals surface area (Å²) in [5, 5.41) is 0.381. The van der Waals surface area contributed by atoms with Crippen LogP contribution >= 0.6 is 35.0 Å². The average molecular weight is 433 g/mol. The molecule has 0 aliphatic rings. The first-order valence-corrected chi connectivity index (χ1v) is 10.7. The second-order valence-corrected chi connectivity index (χ2v) is 9.16. The Morgan fingerprint density at radius 2 is 1.96 bits per heavy atom. The van der Waals surface area contributed by atoms with E-state index in [9.17, 15) is 13.2 Å². The second kappa shape index (κ2) is 7.19. The lowest BCUT2D eigenvalue weighted by atomic mass is 10.3. The van der Waals surface area contributed by atoms with Crippen molar-refractivity contribution in [3.63, 3.8) is 0 Å². The Hall–Kier alpha value is -1.61. The molecule has 0 unspecified atom stereocenters. The van der Waals surface area contributed by atoms with Crippen molar-refractivity contribution in [2.24, 2.45) is 7.05 Å². The number of halogens is 2. The first-order valence-electron chi connectivity index (χ1n) is 7.47. The quantitative estimate of drug-likeness (QED) is 0.605. The Bertz CT molecular complexity index is 1150. The molecule has 0 saturated carbocycles. The summed E-state index contributed by atoms with van der Waals surface area (Å²) in [6, 6.07) is 7.59. The Balaban J connectivity index is 2.09. The maximum atomic E-state index is 12.9. The van der Waals surface area contributed by atoms with Crippen LogP contribution in [0.2, 0.25) is 10.0 Å². The molecule has 1 N–H and O–H groups in total. The molecule has 0 saturated heterocycles. The molecule has 0 bridgehead atoms. The van der Waals surface area contributed by atoms with Crippen LogP contribution in [0.1, 0.15) is 6.92 Å². The minimum Gasteiger partial charge on any atom is -0.408 e. The van der Waals surface area contributed by atoms with Crippen molar-refractivity contribution in [3.8, 4) is 0 Å². The zero-order valence-corrected chi connectivity index (χ0v) is 16.9. The van der Waals surface area contributed by atoms with Gasteiger partial charge in [0.25, 0.3) is 10.0 Å². The van der Waals surface area contributed by atoms with Gasteiger partial charge >= 0.3 is 5.76 Å². The fourth-order valence-electron chi connectivity index (χ4n) is 2.40. The monoisotopic (exact) mass is 432 g/mol. The predicted molar refractivity (Wildman–Crippen MR) is 105 cm³/mol. The molecule has 0 spiro atoms. The largest absolute Gasteiger partial charge is 0.419 e. The number of oxazole rings is 1. The highest BCUT2D eigenvalue weighted by atomic mass is 35.5. The molecule has 0 aliphatic carbocycles. The Kier molecular flexibility index (Phi) is 5.30. The average Bonchev–Trinajstić information content (AvgIpc) is 2.83. The lowest BCUT2D eigenvalue weighted by Gasteiger charge is -2.13. The third-order valence-corrected chi connectivity index (χ3v) is 6.64. The van der Waals surface area contributed by atoms with Crippen LogP contribution in [-0.2, 0) is 17.1 Å². The van der Waals surface area contributed by atoms with Gasteiger partial charge in [0.05, 0.1) is 16.2 Å². The van der Waals surface area contributed by atoms with E-state index in [0.717, 1.165) is 10.6 Å². The summed E-state index contributed by atoms with van der Waals surface area (Å²) in [5.74, 6) is 0.160. The first-order chi connectivity index (χ1) is 12.2. The molecular formula is C16H14Cl2N2O4S2. The number of fused-ring (bicyclic) bond motifs is 1. The van der Waals surface area contributed by atoms with E-state index in [1.807, 2.05) is 6.92 Å². The Morgan fingerprint density at radius 1 is 1.23 bits per heavy atom. The van der Waals surface area contributed by atoms with Crippen LogP contribution in [0.4, 0.5) is 5.69 Å². The number of hydrogen-bond donors (Lipinski definition) is 1. The van der Waals surface area contributed by atoms with E-state index in [1.54, 1.807) is 12.1 Å². The molecule has 0 amide bonds. The van der Waals surface area contributed by atoms with Gasteiger partial charge < -0.3 is 4.42 Å². The molecule has 1 heterocycles. The third-order valence-electron chi connectivity index (χ3n) is 3.62. The minimum atomic E-state index is -4.02. The summed E-state index contributed by atoms with van der Waals surface area (Å²) in [5.41, 5.74) is 0.899. The number of anilines is 1. The van der Waals surface area contributed by atoms with Gasteiger partial charge in [-0.25, -0.2) is 13.2 Å². The first kappa shape index (κ1) is 19.2. The zero-order chi connectivity index (χ0) is 19.1. The van der Waals surface area contributed by atoms with Crippen LogP contribution < -0.4 is 10.5 Å². The van der Waals surface area contributed by atoms with E-state index in [4.69, 9.17) is 27.6 Å². The smallest absolute Gasteiger partial charge is 0.408 e. The molecule has 1 aromatic heterocycles. The van der Waals surface area contributed by atoms with Crippen LogP contribution in [0.5, 0.6) is 0 Å². The van der Waals surface area contributed by atoms with Gasteiger partial charge in [-0.2, -0.15) is 0 Å². The molecular weight excluding hydrogens is 419 g/mol. The number of thioether (sulfide) groups is 1. The minimum absolute atomic E-state index is 0.0203. The number of hydrogen-bond acceptors (Lipinski definition) is 5. The van der Waals surface area contributed by atoms with Crippen molar-refractivity contribution < 1.29 is 12.8 Å². The number of nitrogens with zero attached hydrogens (tertiary/aromatic N) is 1. The summed E-state index contributed by atoms with van der Waals surface area (Å²) < 4.78 is 34.5. The molecule has 0 radical (unpaired) electrons. The summed E-state index contributed by atoms with van der Waals surface area (Å²) in [6.45, 7) is 1.96. The molecule has 3 rings (SSSR count).